The normalized spacial score (nSPS) is 15.3. The Morgan fingerprint density at radius 2 is 0.547 bits per heavy atom. The zero-order chi connectivity index (χ0) is 44.0. The van der Waals surface area contributed by atoms with Crippen molar-refractivity contribution in [1.29, 1.82) is 0 Å². The minimum atomic E-state index is -6.00. The summed E-state index contributed by atoms with van der Waals surface area (Å²) < 4.78 is 39.0. The maximum atomic E-state index is 9.75. The topological polar surface area (TPSA) is 0 Å². The molecular weight excluding hydrogens is 924 g/mol. The number of hydrogen-bond acceptors (Lipinski definition) is 0. The van der Waals surface area contributed by atoms with Gasteiger partial charge >= 0.3 is 7.25 Å². The summed E-state index contributed by atoms with van der Waals surface area (Å²) in [6.45, 7) is 0. The molecule has 0 aliphatic heterocycles. The molecule has 2 saturated carbocycles. The molecule has 6 aliphatic rings. The van der Waals surface area contributed by atoms with Crippen molar-refractivity contribution in [3.8, 4) is 0 Å². The third kappa shape index (κ3) is 17.8. The van der Waals surface area contributed by atoms with Crippen LogP contribution in [-0.4, -0.2) is 7.25 Å². The van der Waals surface area contributed by atoms with Crippen LogP contribution in [0.3, 0.4) is 0 Å². The fourth-order valence-corrected chi connectivity index (χ4v) is 12.9. The molecule has 0 amide bonds. The van der Waals surface area contributed by atoms with Gasteiger partial charge in [0.15, 0.2) is 0 Å². The van der Waals surface area contributed by atoms with Crippen molar-refractivity contribution in [2.24, 2.45) is 0 Å². The summed E-state index contributed by atoms with van der Waals surface area (Å²) in [6.07, 6.45) is 32.2. The van der Waals surface area contributed by atoms with Gasteiger partial charge in [-0.1, -0.05) is 158 Å². The van der Waals surface area contributed by atoms with E-state index in [0.717, 1.165) is 25.7 Å². The summed E-state index contributed by atoms with van der Waals surface area (Å²) >= 11 is 0. The van der Waals surface area contributed by atoms with Gasteiger partial charge in [-0.2, -0.15) is 0 Å². The van der Waals surface area contributed by atoms with Gasteiger partial charge in [0.25, 0.3) is 0 Å². The largest absolute Gasteiger partial charge is 0.673 e. The van der Waals surface area contributed by atoms with Gasteiger partial charge in [0.1, 0.15) is 0 Å². The molecule has 4 bridgehead atoms. The van der Waals surface area contributed by atoms with E-state index < -0.39 is 23.1 Å². The first-order valence-corrected chi connectivity index (χ1v) is 25.0. The molecule has 0 N–H and O–H groups in total. The van der Waals surface area contributed by atoms with Crippen molar-refractivity contribution in [1.82, 2.24) is 0 Å². The number of halogens is 4. The molecule has 12 rings (SSSR count). The number of rotatable bonds is 6. The molecule has 2 fully saturated rings. The molecule has 333 valence electrons. The van der Waals surface area contributed by atoms with Crippen LogP contribution in [0.1, 0.15) is 73.6 Å². The Morgan fingerprint density at radius 3 is 0.781 bits per heavy atom. The zero-order valence-corrected chi connectivity index (χ0v) is 39.9. The van der Waals surface area contributed by atoms with Crippen LogP contribution in [0.25, 0.3) is 0 Å². The molecular formula is C56H58BF4P2Rh-. The van der Waals surface area contributed by atoms with Crippen LogP contribution in [0.5, 0.6) is 0 Å². The van der Waals surface area contributed by atoms with Crippen molar-refractivity contribution in [2.75, 3.05) is 0 Å². The zero-order valence-electron chi connectivity index (χ0n) is 36.4. The predicted molar refractivity (Wildman–Crippen MR) is 267 cm³/mol. The number of aryl methyl sites for hydroxylation is 4. The molecule has 0 nitrogen and oxygen atoms in total. The van der Waals surface area contributed by atoms with Crippen molar-refractivity contribution in [3.63, 3.8) is 0 Å². The van der Waals surface area contributed by atoms with E-state index >= 15 is 0 Å². The minimum absolute atomic E-state index is 0. The van der Waals surface area contributed by atoms with Gasteiger partial charge in [-0.05, 0) is 198 Å². The monoisotopic (exact) mass is 982 g/mol. The summed E-state index contributed by atoms with van der Waals surface area (Å²) in [4.78, 5) is 0. The Kier molecular flexibility index (Phi) is 23.0. The first-order chi connectivity index (χ1) is 30.8. The third-order valence-corrected chi connectivity index (χ3v) is 15.9. The molecule has 6 aromatic carbocycles. The van der Waals surface area contributed by atoms with Gasteiger partial charge < -0.3 is 17.3 Å². The fourth-order valence-electron chi connectivity index (χ4n) is 7.80. The van der Waals surface area contributed by atoms with Gasteiger partial charge in [-0.3, -0.25) is 0 Å². The number of hydrogen-bond donors (Lipinski definition) is 0. The van der Waals surface area contributed by atoms with Gasteiger partial charge in [-0.25, -0.2) is 0 Å². The van der Waals surface area contributed by atoms with E-state index in [2.05, 4.69) is 209 Å². The SMILES string of the molecule is F[B-](F)(F)F.[CH]1[CH]CC[CH][CH]CC1.[CH]1[CH]CC[CH][CH]CC1.[Rh].c1ccc(P(c2ccccc2)c2cc3ccc2CCc2ccc(c(P(c4ccccc4)c4ccccc4)c2)CC3)cc1. The van der Waals surface area contributed by atoms with Gasteiger partial charge in [-0.15, -0.1) is 0 Å². The van der Waals surface area contributed by atoms with E-state index in [9.17, 15) is 17.3 Å². The maximum absolute atomic E-state index is 9.75. The fraction of sp³-hybridized carbons (Fsp3) is 0.214. The smallest absolute Gasteiger partial charge is 0.418 e. The van der Waals surface area contributed by atoms with E-state index in [1.165, 1.54) is 105 Å². The van der Waals surface area contributed by atoms with Crippen LogP contribution in [0.2, 0.25) is 0 Å². The van der Waals surface area contributed by atoms with Crippen molar-refractivity contribution >= 4 is 54.9 Å². The second kappa shape index (κ2) is 28.6. The summed E-state index contributed by atoms with van der Waals surface area (Å²) in [5, 5.41) is 8.73. The Bertz CT molecular complexity index is 1890. The summed E-state index contributed by atoms with van der Waals surface area (Å²) in [5.74, 6) is 0. The van der Waals surface area contributed by atoms with Gasteiger partial charge in [0.05, 0.1) is 0 Å². The summed E-state index contributed by atoms with van der Waals surface area (Å²) in [6, 6.07) is 59.3. The molecule has 0 unspecified atom stereocenters. The second-order valence-electron chi connectivity index (χ2n) is 15.6. The predicted octanol–water partition coefficient (Wildman–Crippen LogP) is 13.1. The van der Waals surface area contributed by atoms with Crippen LogP contribution in [0, 0.1) is 51.4 Å². The molecule has 6 aromatic rings. The molecule has 0 aromatic heterocycles. The van der Waals surface area contributed by atoms with Crippen LogP contribution < -0.4 is 31.8 Å². The Morgan fingerprint density at radius 1 is 0.312 bits per heavy atom. The van der Waals surface area contributed by atoms with Crippen LogP contribution in [0.15, 0.2) is 158 Å². The molecule has 9 radical (unpaired) electrons. The van der Waals surface area contributed by atoms with Crippen LogP contribution >= 0.6 is 15.8 Å². The van der Waals surface area contributed by atoms with Gasteiger partial charge in [0.2, 0.25) is 0 Å². The van der Waals surface area contributed by atoms with Gasteiger partial charge in [0, 0.05) is 19.5 Å². The van der Waals surface area contributed by atoms with E-state index in [1.807, 2.05) is 0 Å². The molecule has 8 heteroatoms. The minimum Gasteiger partial charge on any atom is -0.418 e. The molecule has 0 heterocycles. The maximum Gasteiger partial charge on any atom is 0.673 e. The number of benzene rings is 6. The summed E-state index contributed by atoms with van der Waals surface area (Å²) in [5.41, 5.74) is 5.84. The Hall–Kier alpha value is -3.41. The molecule has 0 spiro atoms. The van der Waals surface area contributed by atoms with Crippen molar-refractivity contribution in [2.45, 2.75) is 77.0 Å². The van der Waals surface area contributed by atoms with E-state index in [-0.39, 0.29) is 19.5 Å². The van der Waals surface area contributed by atoms with Crippen LogP contribution in [-0.2, 0) is 45.2 Å². The Labute approximate surface area is 397 Å². The average Bonchev–Trinajstić information content (AvgIpc) is 3.26. The second-order valence-corrected chi connectivity index (χ2v) is 20.0. The first kappa shape index (κ1) is 51.6. The molecule has 64 heavy (non-hydrogen) atoms. The molecule has 0 atom stereocenters. The average molecular weight is 983 g/mol. The molecule has 0 saturated heterocycles. The van der Waals surface area contributed by atoms with Crippen LogP contribution in [0.4, 0.5) is 17.3 Å². The van der Waals surface area contributed by atoms with Crippen molar-refractivity contribution in [3.05, 3.63) is 231 Å². The third-order valence-electron chi connectivity index (χ3n) is 10.9. The quantitative estimate of drug-likeness (QED) is 0.0886. The van der Waals surface area contributed by atoms with Crippen molar-refractivity contribution < 1.29 is 36.7 Å². The molecule has 6 aliphatic carbocycles. The van der Waals surface area contributed by atoms with E-state index in [1.54, 1.807) is 0 Å². The standard InChI is InChI=1S/C40H34P2.2C8H12.BF4.Rh/c1-5-13-35(14-6-1)41(36-15-7-2-8-16-36)39-29-31-21-25-33(39)27-23-32-22-26-34(28-24-31)40(30-32)42(37-17-9-3-10-18-37)38-19-11-4-12-20-38;2*1-2-4-6-8-7-5-3-1;2-1(3,4)5;/h1-22,25-26,29-30H,23-24,27-28H2;2*1-2,7-8H,3-6H2;;/q;;;-1;. The van der Waals surface area contributed by atoms with E-state index in [4.69, 9.17) is 0 Å². The van der Waals surface area contributed by atoms with E-state index in [0.29, 0.717) is 0 Å². The first-order valence-electron chi connectivity index (χ1n) is 22.3. The summed E-state index contributed by atoms with van der Waals surface area (Å²) in [7, 11) is -7.26. The Balaban J connectivity index is 0.000000287.